The second-order valence-corrected chi connectivity index (χ2v) is 6.48. The van der Waals surface area contributed by atoms with E-state index in [4.69, 9.17) is 4.74 Å². The molecule has 1 amide bonds. The van der Waals surface area contributed by atoms with Crippen molar-refractivity contribution in [3.05, 3.63) is 35.9 Å². The third-order valence-electron chi connectivity index (χ3n) is 5.54. The Morgan fingerprint density at radius 2 is 1.83 bits per heavy atom. The predicted molar refractivity (Wildman–Crippen MR) is 93.6 cm³/mol. The van der Waals surface area contributed by atoms with Crippen LogP contribution in [0.25, 0.3) is 0 Å². The molecule has 1 saturated heterocycles. The molecule has 128 valence electrons. The van der Waals surface area contributed by atoms with Gasteiger partial charge in [-0.1, -0.05) is 44.2 Å². The Hall–Kier alpha value is -1.39. The Balaban J connectivity index is 2.11. The monoisotopic (exact) mass is 318 g/mol. The first kappa shape index (κ1) is 18.0. The van der Waals surface area contributed by atoms with Crippen molar-refractivity contribution in [3.63, 3.8) is 0 Å². The van der Waals surface area contributed by atoms with E-state index >= 15 is 0 Å². The van der Waals surface area contributed by atoms with Crippen LogP contribution in [0.1, 0.15) is 45.1 Å². The van der Waals surface area contributed by atoms with Crippen LogP contribution in [0.15, 0.2) is 30.3 Å². The summed E-state index contributed by atoms with van der Waals surface area (Å²) in [6.07, 6.45) is 3.45. The van der Waals surface area contributed by atoms with Crippen LogP contribution in [0.2, 0.25) is 0 Å². The van der Waals surface area contributed by atoms with E-state index in [1.165, 1.54) is 5.56 Å². The summed E-state index contributed by atoms with van der Waals surface area (Å²) in [5, 5.41) is 6.48. The number of benzene rings is 1. The number of carbonyl (C=O) groups is 1. The highest BCUT2D eigenvalue weighted by Gasteiger charge is 2.40. The SMILES string of the molecule is CCC(CC)(CNC(=O)C1(OC)CCNCC1)c1ccccc1. The lowest BCUT2D eigenvalue weighted by molar-refractivity contribution is -0.147. The minimum Gasteiger partial charge on any atom is -0.368 e. The lowest BCUT2D eigenvalue weighted by Gasteiger charge is -2.37. The van der Waals surface area contributed by atoms with Gasteiger partial charge in [-0.3, -0.25) is 4.79 Å². The maximum Gasteiger partial charge on any atom is 0.252 e. The largest absolute Gasteiger partial charge is 0.368 e. The van der Waals surface area contributed by atoms with Crippen molar-refractivity contribution in [1.29, 1.82) is 0 Å². The molecule has 1 fully saturated rings. The minimum absolute atomic E-state index is 0.0151. The van der Waals surface area contributed by atoms with Crippen molar-refractivity contribution in [1.82, 2.24) is 10.6 Å². The predicted octanol–water partition coefficient (Wildman–Crippen LogP) is 2.63. The number of ether oxygens (including phenoxy) is 1. The number of nitrogens with one attached hydrogen (secondary N) is 2. The number of piperidine rings is 1. The molecule has 0 saturated carbocycles. The second-order valence-electron chi connectivity index (χ2n) is 6.48. The number of carbonyl (C=O) groups excluding carboxylic acids is 1. The summed E-state index contributed by atoms with van der Waals surface area (Å²) in [7, 11) is 1.65. The topological polar surface area (TPSA) is 50.4 Å². The zero-order valence-corrected chi connectivity index (χ0v) is 14.7. The Bertz CT molecular complexity index is 491. The van der Waals surface area contributed by atoms with Gasteiger partial charge in [-0.2, -0.15) is 0 Å². The van der Waals surface area contributed by atoms with Crippen LogP contribution >= 0.6 is 0 Å². The van der Waals surface area contributed by atoms with E-state index < -0.39 is 5.60 Å². The van der Waals surface area contributed by atoms with Gasteiger partial charge in [0.05, 0.1) is 0 Å². The molecule has 2 N–H and O–H groups in total. The lowest BCUT2D eigenvalue weighted by atomic mass is 9.75. The van der Waals surface area contributed by atoms with Gasteiger partial charge in [0.25, 0.3) is 5.91 Å². The summed E-state index contributed by atoms with van der Waals surface area (Å²) < 4.78 is 5.63. The fraction of sp³-hybridized carbons (Fsp3) is 0.632. The molecule has 1 aliphatic heterocycles. The zero-order chi connectivity index (χ0) is 16.8. The van der Waals surface area contributed by atoms with Gasteiger partial charge in [0.1, 0.15) is 5.60 Å². The van der Waals surface area contributed by atoms with Gasteiger partial charge >= 0.3 is 0 Å². The first-order valence-corrected chi connectivity index (χ1v) is 8.72. The van der Waals surface area contributed by atoms with Gasteiger partial charge < -0.3 is 15.4 Å². The molecule has 1 heterocycles. The average Bonchev–Trinajstić information content (AvgIpc) is 2.64. The van der Waals surface area contributed by atoms with E-state index in [1.807, 2.05) is 6.07 Å². The van der Waals surface area contributed by atoms with E-state index in [2.05, 4.69) is 48.7 Å². The normalized spacial score (nSPS) is 17.7. The number of amides is 1. The summed E-state index contributed by atoms with van der Waals surface area (Å²) in [5.41, 5.74) is 0.607. The second kappa shape index (κ2) is 7.93. The van der Waals surface area contributed by atoms with Crippen molar-refractivity contribution in [2.75, 3.05) is 26.7 Å². The highest BCUT2D eigenvalue weighted by atomic mass is 16.5. The van der Waals surface area contributed by atoms with E-state index in [-0.39, 0.29) is 11.3 Å². The molecule has 0 spiro atoms. The molecule has 4 heteroatoms. The highest BCUT2D eigenvalue weighted by Crippen LogP contribution is 2.31. The highest BCUT2D eigenvalue weighted by molar-refractivity contribution is 5.85. The van der Waals surface area contributed by atoms with Crippen molar-refractivity contribution < 1.29 is 9.53 Å². The van der Waals surface area contributed by atoms with E-state index in [0.29, 0.717) is 6.54 Å². The Morgan fingerprint density at radius 3 is 2.35 bits per heavy atom. The molecule has 0 radical (unpaired) electrons. The Kier molecular flexibility index (Phi) is 6.19. The van der Waals surface area contributed by atoms with Gasteiger partial charge in [-0.05, 0) is 44.3 Å². The number of methoxy groups -OCH3 is 1. The van der Waals surface area contributed by atoms with Crippen molar-refractivity contribution in [2.24, 2.45) is 0 Å². The third-order valence-corrected chi connectivity index (χ3v) is 5.54. The van der Waals surface area contributed by atoms with E-state index in [0.717, 1.165) is 38.8 Å². The molecule has 0 unspecified atom stereocenters. The molecule has 0 aliphatic carbocycles. The molecule has 23 heavy (non-hydrogen) atoms. The van der Waals surface area contributed by atoms with Crippen LogP contribution in [0.5, 0.6) is 0 Å². The molecule has 1 aromatic rings. The third kappa shape index (κ3) is 3.75. The zero-order valence-electron chi connectivity index (χ0n) is 14.7. The number of hydrogen-bond acceptors (Lipinski definition) is 3. The molecule has 4 nitrogen and oxygen atoms in total. The lowest BCUT2D eigenvalue weighted by Crippen LogP contribution is -2.56. The molecular weight excluding hydrogens is 288 g/mol. The van der Waals surface area contributed by atoms with Crippen LogP contribution in [0.4, 0.5) is 0 Å². The standard InChI is InChI=1S/C19H30N2O2/c1-4-18(5-2,16-9-7-6-8-10-16)15-21-17(22)19(23-3)11-13-20-14-12-19/h6-10,20H,4-5,11-15H2,1-3H3,(H,21,22). The van der Waals surface area contributed by atoms with Gasteiger partial charge in [-0.25, -0.2) is 0 Å². The van der Waals surface area contributed by atoms with Crippen LogP contribution in [0.3, 0.4) is 0 Å². The van der Waals surface area contributed by atoms with Crippen molar-refractivity contribution in [3.8, 4) is 0 Å². The van der Waals surface area contributed by atoms with Gasteiger partial charge in [0.15, 0.2) is 0 Å². The summed E-state index contributed by atoms with van der Waals surface area (Å²) >= 11 is 0. The maximum absolute atomic E-state index is 12.8. The van der Waals surface area contributed by atoms with Gasteiger partial charge in [0.2, 0.25) is 0 Å². The van der Waals surface area contributed by atoms with Crippen LogP contribution in [-0.2, 0) is 14.9 Å². The number of rotatable bonds is 7. The average molecular weight is 318 g/mol. The molecule has 1 aliphatic rings. The van der Waals surface area contributed by atoms with Crippen molar-refractivity contribution in [2.45, 2.75) is 50.5 Å². The quantitative estimate of drug-likeness (QED) is 0.812. The first-order chi connectivity index (χ1) is 11.1. The summed E-state index contributed by atoms with van der Waals surface area (Å²) in [6.45, 7) is 6.69. The molecule has 1 aromatic carbocycles. The molecule has 0 bridgehead atoms. The molecule has 0 atom stereocenters. The first-order valence-electron chi connectivity index (χ1n) is 8.72. The van der Waals surface area contributed by atoms with Crippen LogP contribution in [-0.4, -0.2) is 38.3 Å². The number of hydrogen-bond donors (Lipinski definition) is 2. The summed E-state index contributed by atoms with van der Waals surface area (Å²) in [6, 6.07) is 10.5. The van der Waals surface area contributed by atoms with E-state index in [1.54, 1.807) is 7.11 Å². The van der Waals surface area contributed by atoms with Crippen LogP contribution < -0.4 is 10.6 Å². The summed E-state index contributed by atoms with van der Waals surface area (Å²) in [5.74, 6) is 0.0312. The van der Waals surface area contributed by atoms with Crippen molar-refractivity contribution >= 4 is 5.91 Å². The fourth-order valence-electron chi connectivity index (χ4n) is 3.57. The maximum atomic E-state index is 12.8. The molecular formula is C19H30N2O2. The van der Waals surface area contributed by atoms with Crippen LogP contribution in [0, 0.1) is 0 Å². The van der Waals surface area contributed by atoms with E-state index in [9.17, 15) is 4.79 Å². The minimum atomic E-state index is -0.671. The smallest absolute Gasteiger partial charge is 0.252 e. The summed E-state index contributed by atoms with van der Waals surface area (Å²) in [4.78, 5) is 12.8. The Morgan fingerprint density at radius 1 is 1.22 bits per heavy atom. The molecule has 2 rings (SSSR count). The fourth-order valence-corrected chi connectivity index (χ4v) is 3.57. The Labute approximate surface area is 140 Å². The van der Waals surface area contributed by atoms with Gasteiger partial charge in [-0.15, -0.1) is 0 Å². The van der Waals surface area contributed by atoms with Gasteiger partial charge in [0, 0.05) is 19.1 Å². The molecule has 0 aromatic heterocycles.